The van der Waals surface area contributed by atoms with Gasteiger partial charge in [0.2, 0.25) is 5.95 Å². The molecule has 0 bridgehead atoms. The standard InChI is InChI=1S/C27H27BrN4O2/c1-2-31-17-19(21-9-3-4-10-25(21)31)12-13-23-22(26(33)34)16-29-27(30-23)32-14-6-11-24(32)18-7-5-8-20(28)15-18/h3-5,7-10,15-17,24H,2,6,11-14H2,1H3,(H,33,34)/t24-/m1/s1. The van der Waals surface area contributed by atoms with Gasteiger partial charge in [-0.25, -0.2) is 14.8 Å². The van der Waals surface area contributed by atoms with E-state index < -0.39 is 5.97 Å². The van der Waals surface area contributed by atoms with E-state index in [1.54, 1.807) is 0 Å². The normalized spacial score (nSPS) is 15.8. The van der Waals surface area contributed by atoms with Crippen molar-refractivity contribution in [2.45, 2.75) is 45.2 Å². The third-order valence-electron chi connectivity index (χ3n) is 6.67. The summed E-state index contributed by atoms with van der Waals surface area (Å²) in [6, 6.07) is 16.9. The first-order chi connectivity index (χ1) is 16.5. The summed E-state index contributed by atoms with van der Waals surface area (Å²) in [6.45, 7) is 3.88. The van der Waals surface area contributed by atoms with E-state index in [2.05, 4.69) is 73.8 Å². The predicted molar refractivity (Wildman–Crippen MR) is 137 cm³/mol. The maximum Gasteiger partial charge on any atom is 0.339 e. The number of hydrogen-bond donors (Lipinski definition) is 1. The van der Waals surface area contributed by atoms with Gasteiger partial charge in [0, 0.05) is 40.9 Å². The summed E-state index contributed by atoms with van der Waals surface area (Å²) in [4.78, 5) is 23.4. The number of anilines is 1. The number of aromatic carboxylic acids is 1. The monoisotopic (exact) mass is 518 g/mol. The molecule has 6 nitrogen and oxygen atoms in total. The summed E-state index contributed by atoms with van der Waals surface area (Å²) in [7, 11) is 0. The van der Waals surface area contributed by atoms with Gasteiger partial charge in [-0.15, -0.1) is 0 Å². The van der Waals surface area contributed by atoms with Crippen LogP contribution in [0.25, 0.3) is 10.9 Å². The van der Waals surface area contributed by atoms with Crippen LogP contribution in [0, 0.1) is 0 Å². The SMILES string of the molecule is CCn1cc(CCc2nc(N3CCC[C@@H]3c3cccc(Br)c3)ncc2C(=O)O)c2ccccc21. The van der Waals surface area contributed by atoms with Crippen molar-refractivity contribution in [3.8, 4) is 0 Å². The zero-order valence-electron chi connectivity index (χ0n) is 19.1. The molecule has 34 heavy (non-hydrogen) atoms. The number of aromatic nitrogens is 3. The molecule has 5 rings (SSSR count). The molecular weight excluding hydrogens is 492 g/mol. The molecule has 1 aliphatic rings. The smallest absolute Gasteiger partial charge is 0.339 e. The van der Waals surface area contributed by atoms with E-state index in [4.69, 9.17) is 4.98 Å². The molecule has 1 N–H and O–H groups in total. The van der Waals surface area contributed by atoms with Gasteiger partial charge in [-0.05, 0) is 61.9 Å². The minimum atomic E-state index is -0.984. The number of nitrogens with zero attached hydrogens (tertiary/aromatic N) is 4. The lowest BCUT2D eigenvalue weighted by atomic mass is 10.0. The van der Waals surface area contributed by atoms with Gasteiger partial charge in [0.05, 0.1) is 17.3 Å². The van der Waals surface area contributed by atoms with Gasteiger partial charge in [0.1, 0.15) is 0 Å². The fourth-order valence-electron chi connectivity index (χ4n) is 5.02. The second kappa shape index (κ2) is 9.58. The van der Waals surface area contributed by atoms with Crippen molar-refractivity contribution in [1.82, 2.24) is 14.5 Å². The number of hydrogen-bond acceptors (Lipinski definition) is 4. The lowest BCUT2D eigenvalue weighted by Gasteiger charge is -2.25. The molecule has 2 aromatic heterocycles. The molecule has 7 heteroatoms. The predicted octanol–water partition coefficient (Wildman–Crippen LogP) is 6.04. The van der Waals surface area contributed by atoms with E-state index in [0.29, 0.717) is 18.1 Å². The van der Waals surface area contributed by atoms with Crippen LogP contribution < -0.4 is 4.90 Å². The minimum absolute atomic E-state index is 0.182. The summed E-state index contributed by atoms with van der Waals surface area (Å²) in [5, 5.41) is 11.0. The molecule has 0 radical (unpaired) electrons. The van der Waals surface area contributed by atoms with Crippen LogP contribution in [-0.4, -0.2) is 32.2 Å². The first-order valence-electron chi connectivity index (χ1n) is 11.7. The number of benzene rings is 2. The van der Waals surface area contributed by atoms with E-state index in [1.165, 1.54) is 28.2 Å². The lowest BCUT2D eigenvalue weighted by Crippen LogP contribution is -2.25. The second-order valence-corrected chi connectivity index (χ2v) is 9.62. The van der Waals surface area contributed by atoms with Crippen LogP contribution in [0.2, 0.25) is 0 Å². The molecule has 1 aliphatic heterocycles. The van der Waals surface area contributed by atoms with Crippen molar-refractivity contribution in [3.05, 3.63) is 87.8 Å². The molecule has 1 saturated heterocycles. The van der Waals surface area contributed by atoms with Gasteiger partial charge in [-0.3, -0.25) is 0 Å². The highest BCUT2D eigenvalue weighted by Crippen LogP contribution is 2.35. The molecule has 0 saturated carbocycles. The van der Waals surface area contributed by atoms with E-state index in [-0.39, 0.29) is 11.6 Å². The van der Waals surface area contributed by atoms with Gasteiger partial charge >= 0.3 is 5.97 Å². The largest absolute Gasteiger partial charge is 0.478 e. The van der Waals surface area contributed by atoms with Crippen LogP contribution in [-0.2, 0) is 19.4 Å². The third kappa shape index (κ3) is 4.32. The Hall–Kier alpha value is -3.19. The maximum atomic E-state index is 11.9. The third-order valence-corrected chi connectivity index (χ3v) is 7.16. The average Bonchev–Trinajstić information content (AvgIpc) is 3.48. The van der Waals surface area contributed by atoms with Crippen LogP contribution in [0.1, 0.15) is 53.0 Å². The van der Waals surface area contributed by atoms with Gasteiger partial charge < -0.3 is 14.6 Å². The van der Waals surface area contributed by atoms with Crippen LogP contribution >= 0.6 is 15.9 Å². The van der Waals surface area contributed by atoms with Crippen molar-refractivity contribution >= 4 is 38.8 Å². The molecule has 1 fully saturated rings. The minimum Gasteiger partial charge on any atom is -0.478 e. The van der Waals surface area contributed by atoms with Crippen molar-refractivity contribution in [3.63, 3.8) is 0 Å². The Kier molecular flexibility index (Phi) is 6.37. The number of carboxylic acids is 1. The van der Waals surface area contributed by atoms with Gasteiger partial charge in [0.15, 0.2) is 0 Å². The Labute approximate surface area is 207 Å². The Bertz CT molecular complexity index is 1350. The summed E-state index contributed by atoms with van der Waals surface area (Å²) >= 11 is 3.57. The van der Waals surface area contributed by atoms with E-state index in [1.807, 2.05) is 18.2 Å². The van der Waals surface area contributed by atoms with Crippen molar-refractivity contribution in [2.75, 3.05) is 11.4 Å². The molecule has 2 aromatic carbocycles. The van der Waals surface area contributed by atoms with Crippen molar-refractivity contribution in [2.24, 2.45) is 0 Å². The summed E-state index contributed by atoms with van der Waals surface area (Å²) in [5.41, 5.74) is 4.40. The number of para-hydroxylation sites is 1. The molecule has 0 amide bonds. The number of aryl methyl sites for hydroxylation is 3. The lowest BCUT2D eigenvalue weighted by molar-refractivity contribution is 0.0694. The molecule has 174 valence electrons. The van der Waals surface area contributed by atoms with Gasteiger partial charge in [0.25, 0.3) is 0 Å². The summed E-state index contributed by atoms with van der Waals surface area (Å²) in [6.07, 6.45) is 6.99. The molecular formula is C27H27BrN4O2. The first kappa shape index (κ1) is 22.6. The Balaban J connectivity index is 1.45. The first-order valence-corrected chi connectivity index (χ1v) is 12.5. The number of fused-ring (bicyclic) bond motifs is 1. The Morgan fingerprint density at radius 1 is 1.18 bits per heavy atom. The zero-order valence-corrected chi connectivity index (χ0v) is 20.7. The zero-order chi connectivity index (χ0) is 23.7. The molecule has 1 atom stereocenters. The molecule has 0 aliphatic carbocycles. The summed E-state index contributed by atoms with van der Waals surface area (Å²) in [5.74, 6) is -0.374. The highest BCUT2D eigenvalue weighted by molar-refractivity contribution is 9.10. The number of carboxylic acid groups (broad SMARTS) is 1. The molecule has 0 unspecified atom stereocenters. The molecule has 0 spiro atoms. The Morgan fingerprint density at radius 3 is 2.82 bits per heavy atom. The fraction of sp³-hybridized carbons (Fsp3) is 0.296. The van der Waals surface area contributed by atoms with E-state index >= 15 is 0 Å². The second-order valence-electron chi connectivity index (χ2n) is 8.70. The highest BCUT2D eigenvalue weighted by atomic mass is 79.9. The quantitative estimate of drug-likeness (QED) is 0.323. The highest BCUT2D eigenvalue weighted by Gasteiger charge is 2.29. The topological polar surface area (TPSA) is 71.2 Å². The van der Waals surface area contributed by atoms with E-state index in [0.717, 1.165) is 36.8 Å². The van der Waals surface area contributed by atoms with Gasteiger partial charge in [-0.2, -0.15) is 0 Å². The number of carbonyl (C=O) groups is 1. The van der Waals surface area contributed by atoms with Crippen LogP contribution in [0.15, 0.2) is 65.4 Å². The fourth-order valence-corrected chi connectivity index (χ4v) is 5.43. The molecule has 3 heterocycles. The average molecular weight is 519 g/mol. The van der Waals surface area contributed by atoms with Crippen molar-refractivity contribution < 1.29 is 9.90 Å². The molecule has 4 aromatic rings. The Morgan fingerprint density at radius 2 is 2.03 bits per heavy atom. The summed E-state index contributed by atoms with van der Waals surface area (Å²) < 4.78 is 3.28. The number of halogens is 1. The van der Waals surface area contributed by atoms with Crippen molar-refractivity contribution in [1.29, 1.82) is 0 Å². The number of rotatable bonds is 7. The van der Waals surface area contributed by atoms with Gasteiger partial charge in [-0.1, -0.05) is 46.3 Å². The van der Waals surface area contributed by atoms with Crippen LogP contribution in [0.4, 0.5) is 5.95 Å². The van der Waals surface area contributed by atoms with E-state index in [9.17, 15) is 9.90 Å². The van der Waals surface area contributed by atoms with Crippen LogP contribution in [0.3, 0.4) is 0 Å². The van der Waals surface area contributed by atoms with Crippen LogP contribution in [0.5, 0.6) is 0 Å². The maximum absolute atomic E-state index is 11.9.